The van der Waals surface area contributed by atoms with Crippen LogP contribution in [0, 0.1) is 0 Å². The summed E-state index contributed by atoms with van der Waals surface area (Å²) < 4.78 is 10.4. The van der Waals surface area contributed by atoms with E-state index < -0.39 is 17.8 Å². The summed E-state index contributed by atoms with van der Waals surface area (Å²) in [6, 6.07) is 8.87. The van der Waals surface area contributed by atoms with Crippen LogP contribution in [0.3, 0.4) is 0 Å². The number of furan rings is 1. The van der Waals surface area contributed by atoms with Gasteiger partial charge in [0.05, 0.1) is 18.6 Å². The van der Waals surface area contributed by atoms with Crippen molar-refractivity contribution in [2.45, 2.75) is 6.92 Å². The summed E-state index contributed by atoms with van der Waals surface area (Å²) >= 11 is 0. The highest BCUT2D eigenvalue weighted by atomic mass is 16.5. The van der Waals surface area contributed by atoms with Gasteiger partial charge >= 0.3 is 6.03 Å². The van der Waals surface area contributed by atoms with E-state index in [0.717, 1.165) is 4.90 Å². The lowest BCUT2D eigenvalue weighted by atomic mass is 10.1. The van der Waals surface area contributed by atoms with Gasteiger partial charge in [-0.15, -0.1) is 0 Å². The van der Waals surface area contributed by atoms with Crippen LogP contribution in [0.4, 0.5) is 10.5 Å². The fraction of sp³-hybridized carbons (Fsp3) is 0.118. The molecule has 122 valence electrons. The van der Waals surface area contributed by atoms with Crippen molar-refractivity contribution in [1.82, 2.24) is 5.32 Å². The lowest BCUT2D eigenvalue weighted by Gasteiger charge is -2.26. The summed E-state index contributed by atoms with van der Waals surface area (Å²) in [6.45, 7) is 2.36. The van der Waals surface area contributed by atoms with E-state index in [1.54, 1.807) is 36.4 Å². The molecule has 0 bridgehead atoms. The predicted octanol–water partition coefficient (Wildman–Crippen LogP) is 2.34. The third-order valence-corrected chi connectivity index (χ3v) is 3.34. The predicted molar refractivity (Wildman–Crippen MR) is 85.3 cm³/mol. The maximum atomic E-state index is 12.6. The number of barbiturate groups is 1. The Balaban J connectivity index is 1.93. The molecule has 1 aliphatic rings. The number of imide groups is 2. The van der Waals surface area contributed by atoms with Gasteiger partial charge < -0.3 is 9.15 Å². The highest BCUT2D eigenvalue weighted by Gasteiger charge is 2.36. The van der Waals surface area contributed by atoms with Gasteiger partial charge in [0, 0.05) is 0 Å². The number of nitrogens with one attached hydrogen (secondary N) is 1. The number of rotatable bonds is 4. The first kappa shape index (κ1) is 15.5. The quantitative estimate of drug-likeness (QED) is 0.688. The Morgan fingerprint density at radius 1 is 1.17 bits per heavy atom. The number of anilines is 1. The summed E-state index contributed by atoms with van der Waals surface area (Å²) in [5.41, 5.74) is 0.150. The standard InChI is InChI=1S/C17H14N2O5/c1-2-23-12-7-5-11(6-8-12)19-16(21)14(15(20)18-17(19)22)10-13-4-3-9-24-13/h3-10H,2H2,1H3,(H,18,20,22). The summed E-state index contributed by atoms with van der Waals surface area (Å²) in [4.78, 5) is 37.5. The van der Waals surface area contributed by atoms with E-state index in [9.17, 15) is 14.4 Å². The van der Waals surface area contributed by atoms with Crippen molar-refractivity contribution in [3.05, 3.63) is 54.0 Å². The Hall–Kier alpha value is -3.35. The summed E-state index contributed by atoms with van der Waals surface area (Å²) in [5.74, 6) is -0.518. The third kappa shape index (κ3) is 2.91. The van der Waals surface area contributed by atoms with E-state index in [1.807, 2.05) is 6.92 Å². The molecule has 7 nitrogen and oxygen atoms in total. The van der Waals surface area contributed by atoms with E-state index >= 15 is 0 Å². The normalized spacial score (nSPS) is 16.5. The number of benzene rings is 1. The Labute approximate surface area is 137 Å². The molecule has 1 saturated heterocycles. The second kappa shape index (κ2) is 6.41. The lowest BCUT2D eigenvalue weighted by molar-refractivity contribution is -0.122. The second-order valence-electron chi connectivity index (χ2n) is 4.90. The van der Waals surface area contributed by atoms with Crippen molar-refractivity contribution < 1.29 is 23.5 Å². The molecule has 0 spiro atoms. The Morgan fingerprint density at radius 3 is 2.54 bits per heavy atom. The van der Waals surface area contributed by atoms with E-state index in [1.165, 1.54) is 12.3 Å². The zero-order valence-corrected chi connectivity index (χ0v) is 12.8. The minimum atomic E-state index is -0.800. The molecule has 4 amide bonds. The topological polar surface area (TPSA) is 88.8 Å². The number of carbonyl (C=O) groups excluding carboxylic acids is 3. The smallest absolute Gasteiger partial charge is 0.335 e. The molecular formula is C17H14N2O5. The second-order valence-corrected chi connectivity index (χ2v) is 4.90. The van der Waals surface area contributed by atoms with Crippen LogP contribution in [0.1, 0.15) is 12.7 Å². The number of ether oxygens (including phenoxy) is 1. The van der Waals surface area contributed by atoms with Crippen molar-refractivity contribution in [1.29, 1.82) is 0 Å². The number of nitrogens with zero attached hydrogens (tertiary/aromatic N) is 1. The lowest BCUT2D eigenvalue weighted by Crippen LogP contribution is -2.54. The average molecular weight is 326 g/mol. The minimum Gasteiger partial charge on any atom is -0.494 e. The zero-order chi connectivity index (χ0) is 17.1. The highest BCUT2D eigenvalue weighted by Crippen LogP contribution is 2.24. The molecule has 0 atom stereocenters. The number of hydrogen-bond acceptors (Lipinski definition) is 5. The fourth-order valence-electron chi connectivity index (χ4n) is 2.27. The maximum absolute atomic E-state index is 12.6. The molecule has 1 N–H and O–H groups in total. The van der Waals surface area contributed by atoms with Crippen molar-refractivity contribution in [2.24, 2.45) is 0 Å². The van der Waals surface area contributed by atoms with Crippen molar-refractivity contribution in [3.63, 3.8) is 0 Å². The maximum Gasteiger partial charge on any atom is 0.335 e. The van der Waals surface area contributed by atoms with Gasteiger partial charge in [0.1, 0.15) is 17.1 Å². The minimum absolute atomic E-state index is 0.182. The summed E-state index contributed by atoms with van der Waals surface area (Å²) in [5, 5.41) is 2.15. The zero-order valence-electron chi connectivity index (χ0n) is 12.8. The van der Waals surface area contributed by atoms with E-state index in [4.69, 9.17) is 9.15 Å². The monoisotopic (exact) mass is 326 g/mol. The average Bonchev–Trinajstić information content (AvgIpc) is 3.06. The van der Waals surface area contributed by atoms with Gasteiger partial charge in [-0.1, -0.05) is 0 Å². The van der Waals surface area contributed by atoms with Gasteiger partial charge in [-0.3, -0.25) is 14.9 Å². The molecule has 1 aliphatic heterocycles. The van der Waals surface area contributed by atoms with Crippen LogP contribution < -0.4 is 15.0 Å². The molecule has 1 aromatic heterocycles. The van der Waals surface area contributed by atoms with Crippen LogP contribution in [0.15, 0.2) is 52.7 Å². The van der Waals surface area contributed by atoms with Crippen LogP contribution in [0.5, 0.6) is 5.75 Å². The van der Waals surface area contributed by atoms with Gasteiger partial charge in [0.15, 0.2) is 0 Å². The molecule has 0 unspecified atom stereocenters. The van der Waals surface area contributed by atoms with E-state index in [2.05, 4.69) is 5.32 Å². The summed E-state index contributed by atoms with van der Waals surface area (Å²) in [7, 11) is 0. The van der Waals surface area contributed by atoms with Crippen LogP contribution in [-0.2, 0) is 9.59 Å². The fourth-order valence-corrected chi connectivity index (χ4v) is 2.27. The van der Waals surface area contributed by atoms with Crippen molar-refractivity contribution in [3.8, 4) is 5.75 Å². The molecule has 3 rings (SSSR count). The molecule has 2 aromatic rings. The molecule has 0 saturated carbocycles. The van der Waals surface area contributed by atoms with Gasteiger partial charge in [-0.25, -0.2) is 9.69 Å². The SMILES string of the molecule is CCOc1ccc(N2C(=O)NC(=O)C(=Cc3ccco3)C2=O)cc1. The molecule has 0 aliphatic carbocycles. The number of amides is 4. The largest absolute Gasteiger partial charge is 0.494 e. The van der Waals surface area contributed by atoms with E-state index in [-0.39, 0.29) is 5.57 Å². The molecule has 1 aromatic carbocycles. The first-order valence-corrected chi connectivity index (χ1v) is 7.28. The number of hydrogen-bond donors (Lipinski definition) is 1. The molecule has 2 heterocycles. The molecule has 24 heavy (non-hydrogen) atoms. The van der Waals surface area contributed by atoms with Crippen LogP contribution in [0.2, 0.25) is 0 Å². The Bertz CT molecular complexity index is 806. The van der Waals surface area contributed by atoms with Gasteiger partial charge in [0.25, 0.3) is 11.8 Å². The molecule has 0 radical (unpaired) electrons. The Morgan fingerprint density at radius 2 is 1.92 bits per heavy atom. The first-order valence-electron chi connectivity index (χ1n) is 7.28. The summed E-state index contributed by atoms with van der Waals surface area (Å²) in [6.07, 6.45) is 2.72. The molecular weight excluding hydrogens is 312 g/mol. The molecule has 1 fully saturated rings. The Kier molecular flexibility index (Phi) is 4.15. The van der Waals surface area contributed by atoms with Crippen molar-refractivity contribution in [2.75, 3.05) is 11.5 Å². The van der Waals surface area contributed by atoms with Crippen LogP contribution in [0.25, 0.3) is 6.08 Å². The number of carbonyl (C=O) groups is 3. The van der Waals surface area contributed by atoms with Gasteiger partial charge in [-0.2, -0.15) is 0 Å². The van der Waals surface area contributed by atoms with Gasteiger partial charge in [-0.05, 0) is 49.4 Å². The number of urea groups is 1. The first-order chi connectivity index (χ1) is 11.6. The van der Waals surface area contributed by atoms with E-state index in [0.29, 0.717) is 23.8 Å². The third-order valence-electron chi connectivity index (χ3n) is 3.34. The van der Waals surface area contributed by atoms with Crippen LogP contribution >= 0.6 is 0 Å². The highest BCUT2D eigenvalue weighted by molar-refractivity contribution is 6.39. The van der Waals surface area contributed by atoms with Crippen LogP contribution in [-0.4, -0.2) is 24.5 Å². The van der Waals surface area contributed by atoms with Crippen molar-refractivity contribution >= 4 is 29.6 Å². The van der Waals surface area contributed by atoms with Gasteiger partial charge in [0.2, 0.25) is 0 Å². The molecule has 7 heteroatoms.